The Morgan fingerprint density at radius 2 is 2.00 bits per heavy atom. The first kappa shape index (κ1) is 15.0. The Morgan fingerprint density at radius 1 is 1.29 bits per heavy atom. The van der Waals surface area contributed by atoms with E-state index in [1.165, 1.54) is 18.2 Å². The number of hydrogen-bond donors (Lipinski definition) is 1. The molecular weight excluding hydrogens is 292 g/mol. The van der Waals surface area contributed by atoms with E-state index >= 15 is 0 Å². The van der Waals surface area contributed by atoms with E-state index in [-0.39, 0.29) is 16.3 Å². The average molecular weight is 305 g/mol. The van der Waals surface area contributed by atoms with Crippen molar-refractivity contribution in [1.82, 2.24) is 5.32 Å². The lowest BCUT2D eigenvalue weighted by Crippen LogP contribution is -2.24. The summed E-state index contributed by atoms with van der Waals surface area (Å²) in [5.74, 6) is -0.521. The lowest BCUT2D eigenvalue weighted by atomic mass is 10.1. The zero-order valence-corrected chi connectivity index (χ0v) is 12.1. The molecule has 0 aliphatic rings. The molecule has 2 aromatic rings. The zero-order valence-electron chi connectivity index (χ0n) is 11.3. The summed E-state index contributed by atoms with van der Waals surface area (Å²) in [4.78, 5) is 22.5. The van der Waals surface area contributed by atoms with Crippen molar-refractivity contribution in [1.29, 1.82) is 0 Å². The van der Waals surface area contributed by atoms with Gasteiger partial charge in [-0.3, -0.25) is 14.9 Å². The highest BCUT2D eigenvalue weighted by Crippen LogP contribution is 2.22. The van der Waals surface area contributed by atoms with Gasteiger partial charge in [0.05, 0.1) is 4.92 Å². The number of hydrogen-bond acceptors (Lipinski definition) is 3. The second kappa shape index (κ2) is 6.37. The van der Waals surface area contributed by atoms with Crippen LogP contribution in [0.2, 0.25) is 5.02 Å². The van der Waals surface area contributed by atoms with E-state index in [1.54, 1.807) is 0 Å². The van der Waals surface area contributed by atoms with Gasteiger partial charge in [0.1, 0.15) is 5.56 Å². The largest absolute Gasteiger partial charge is 0.348 e. The molecule has 0 fully saturated rings. The van der Waals surface area contributed by atoms with Crippen molar-refractivity contribution >= 4 is 23.2 Å². The number of halogens is 1. The van der Waals surface area contributed by atoms with E-state index in [2.05, 4.69) is 5.32 Å². The normalized spacial score (nSPS) is 10.2. The molecule has 0 radical (unpaired) electrons. The number of carbonyl (C=O) groups is 1. The van der Waals surface area contributed by atoms with E-state index in [4.69, 9.17) is 11.6 Å². The fraction of sp³-hybridized carbons (Fsp3) is 0.133. The van der Waals surface area contributed by atoms with Crippen molar-refractivity contribution in [2.75, 3.05) is 0 Å². The Hall–Kier alpha value is -2.40. The van der Waals surface area contributed by atoms with Crippen molar-refractivity contribution in [3.8, 4) is 0 Å². The van der Waals surface area contributed by atoms with E-state index in [9.17, 15) is 14.9 Å². The Kier molecular flexibility index (Phi) is 4.55. The number of nitrogens with one attached hydrogen (secondary N) is 1. The molecule has 0 aromatic heterocycles. The Morgan fingerprint density at radius 3 is 2.67 bits per heavy atom. The fourth-order valence-electron chi connectivity index (χ4n) is 1.93. The molecule has 0 aliphatic carbocycles. The van der Waals surface area contributed by atoms with Crippen LogP contribution in [0.25, 0.3) is 0 Å². The van der Waals surface area contributed by atoms with Gasteiger partial charge in [0, 0.05) is 17.6 Å². The molecule has 1 N–H and O–H groups in total. The molecule has 0 bridgehead atoms. The summed E-state index contributed by atoms with van der Waals surface area (Å²) in [5, 5.41) is 13.9. The molecule has 5 nitrogen and oxygen atoms in total. The maximum Gasteiger partial charge on any atom is 0.282 e. The summed E-state index contributed by atoms with van der Waals surface area (Å²) in [6, 6.07) is 11.5. The van der Waals surface area contributed by atoms with E-state index < -0.39 is 10.8 Å². The topological polar surface area (TPSA) is 72.2 Å². The average Bonchev–Trinajstić information content (AvgIpc) is 2.45. The van der Waals surface area contributed by atoms with Crippen LogP contribution in [-0.2, 0) is 6.54 Å². The predicted octanol–water partition coefficient (Wildman–Crippen LogP) is 3.49. The number of nitro benzene ring substituents is 1. The van der Waals surface area contributed by atoms with Crippen molar-refractivity contribution in [3.05, 3.63) is 74.3 Å². The highest BCUT2D eigenvalue weighted by molar-refractivity contribution is 6.31. The highest BCUT2D eigenvalue weighted by atomic mass is 35.5. The van der Waals surface area contributed by atoms with Crippen LogP contribution >= 0.6 is 11.6 Å². The van der Waals surface area contributed by atoms with Crippen molar-refractivity contribution in [2.45, 2.75) is 13.5 Å². The molecule has 0 unspecified atom stereocenters. The molecular formula is C15H13ClN2O3. The number of rotatable bonds is 4. The fourth-order valence-corrected chi connectivity index (χ4v) is 2.10. The predicted molar refractivity (Wildman–Crippen MR) is 80.5 cm³/mol. The van der Waals surface area contributed by atoms with Crippen LogP contribution in [0.15, 0.2) is 42.5 Å². The van der Waals surface area contributed by atoms with Gasteiger partial charge in [-0.15, -0.1) is 0 Å². The molecule has 0 spiro atoms. The SMILES string of the molecule is Cc1ccccc1CNC(=O)c1cc(Cl)ccc1[N+](=O)[O-]. The molecule has 0 heterocycles. The van der Waals surface area contributed by atoms with Gasteiger partial charge in [0.15, 0.2) is 0 Å². The Balaban J connectivity index is 2.19. The van der Waals surface area contributed by atoms with Crippen LogP contribution in [0, 0.1) is 17.0 Å². The lowest BCUT2D eigenvalue weighted by Gasteiger charge is -2.08. The first-order valence-electron chi connectivity index (χ1n) is 6.25. The van der Waals surface area contributed by atoms with Crippen molar-refractivity contribution < 1.29 is 9.72 Å². The van der Waals surface area contributed by atoms with Crippen LogP contribution in [0.5, 0.6) is 0 Å². The van der Waals surface area contributed by atoms with E-state index in [0.717, 1.165) is 11.1 Å². The quantitative estimate of drug-likeness (QED) is 0.694. The number of amides is 1. The number of benzene rings is 2. The third kappa shape index (κ3) is 3.58. The molecule has 108 valence electrons. The molecule has 0 atom stereocenters. The Bertz CT molecular complexity index is 701. The van der Waals surface area contributed by atoms with Crippen LogP contribution in [0.3, 0.4) is 0 Å². The second-order valence-electron chi connectivity index (χ2n) is 4.53. The molecule has 2 rings (SSSR count). The summed E-state index contributed by atoms with van der Waals surface area (Å²) in [7, 11) is 0. The standard InChI is InChI=1S/C15H13ClN2O3/c1-10-4-2-3-5-11(10)9-17-15(19)13-8-12(16)6-7-14(13)18(20)21/h2-8H,9H2,1H3,(H,17,19). The monoisotopic (exact) mass is 304 g/mol. The maximum atomic E-state index is 12.1. The van der Waals surface area contributed by atoms with E-state index in [1.807, 2.05) is 31.2 Å². The van der Waals surface area contributed by atoms with Crippen LogP contribution < -0.4 is 5.32 Å². The van der Waals surface area contributed by atoms with Gasteiger partial charge in [-0.25, -0.2) is 0 Å². The first-order valence-corrected chi connectivity index (χ1v) is 6.63. The van der Waals surface area contributed by atoms with Crippen LogP contribution in [-0.4, -0.2) is 10.8 Å². The molecule has 0 saturated heterocycles. The summed E-state index contributed by atoms with van der Waals surface area (Å²) in [6.45, 7) is 2.23. The van der Waals surface area contributed by atoms with Crippen LogP contribution in [0.1, 0.15) is 21.5 Å². The minimum absolute atomic E-state index is 0.0407. The van der Waals surface area contributed by atoms with E-state index in [0.29, 0.717) is 6.54 Å². The van der Waals surface area contributed by atoms with Gasteiger partial charge < -0.3 is 5.32 Å². The number of nitro groups is 1. The highest BCUT2D eigenvalue weighted by Gasteiger charge is 2.20. The third-order valence-corrected chi connectivity index (χ3v) is 3.34. The molecule has 0 saturated carbocycles. The number of carbonyl (C=O) groups excluding carboxylic acids is 1. The zero-order chi connectivity index (χ0) is 15.4. The van der Waals surface area contributed by atoms with Gasteiger partial charge in [0.25, 0.3) is 11.6 Å². The summed E-state index contributed by atoms with van der Waals surface area (Å²) in [6.07, 6.45) is 0. The molecule has 2 aromatic carbocycles. The summed E-state index contributed by atoms with van der Waals surface area (Å²) in [5.41, 5.74) is 1.69. The lowest BCUT2D eigenvalue weighted by molar-refractivity contribution is -0.385. The minimum atomic E-state index is -0.598. The van der Waals surface area contributed by atoms with Crippen molar-refractivity contribution in [3.63, 3.8) is 0 Å². The molecule has 0 aliphatic heterocycles. The summed E-state index contributed by atoms with van der Waals surface area (Å²) >= 11 is 5.81. The minimum Gasteiger partial charge on any atom is -0.348 e. The van der Waals surface area contributed by atoms with Gasteiger partial charge >= 0.3 is 0 Å². The number of aryl methyl sites for hydroxylation is 1. The van der Waals surface area contributed by atoms with Crippen molar-refractivity contribution in [2.24, 2.45) is 0 Å². The van der Waals surface area contributed by atoms with Gasteiger partial charge in [-0.05, 0) is 30.2 Å². The Labute approximate surface area is 126 Å². The molecule has 21 heavy (non-hydrogen) atoms. The first-order chi connectivity index (χ1) is 9.99. The smallest absolute Gasteiger partial charge is 0.282 e. The van der Waals surface area contributed by atoms with Crippen LogP contribution in [0.4, 0.5) is 5.69 Å². The molecule has 6 heteroatoms. The summed E-state index contributed by atoms with van der Waals surface area (Å²) < 4.78 is 0. The van der Waals surface area contributed by atoms with Gasteiger partial charge in [-0.1, -0.05) is 35.9 Å². The second-order valence-corrected chi connectivity index (χ2v) is 4.96. The van der Waals surface area contributed by atoms with Gasteiger partial charge in [0.2, 0.25) is 0 Å². The number of nitrogens with zero attached hydrogens (tertiary/aromatic N) is 1. The third-order valence-electron chi connectivity index (χ3n) is 3.10. The van der Waals surface area contributed by atoms with Gasteiger partial charge in [-0.2, -0.15) is 0 Å². The molecule has 1 amide bonds. The maximum absolute atomic E-state index is 12.1.